The van der Waals surface area contributed by atoms with Gasteiger partial charge < -0.3 is 0 Å². The third-order valence-corrected chi connectivity index (χ3v) is 15.2. The van der Waals surface area contributed by atoms with Gasteiger partial charge in [-0.05, 0) is 196 Å². The quantitative estimate of drug-likeness (QED) is 0.148. The Morgan fingerprint density at radius 2 is 0.558 bits per heavy atom. The minimum atomic E-state index is -2.15. The van der Waals surface area contributed by atoms with Crippen LogP contribution in [0.5, 0.6) is 0 Å². The fraction of sp³-hybridized carbons (Fsp3) is 0.247. The molecule has 0 bridgehead atoms. The standard InChI is InChI=1S/C19H18N.2C16H20N.2C15H18N/c1-15-8-6-7-11-18(15)19-13-12-17(14-20(19)2)16-9-4-3-5-10-16;2*1-11-6-7-15(13(3)8-11)16-9-12(2)14(4)10-17(16)5;2*1-11-5-7-14(13(3)9-11)15-8-6-12(2)10-16(15)4/h3-14H,1-2H3;2*6-10H,1-5H3;2*5-10H,1-4H3/q5*+1/i;1D3,4D3;4D3;1D3,2D3;2D3. The van der Waals surface area contributed by atoms with Gasteiger partial charge in [-0.2, -0.15) is 0 Å². The molecule has 0 radical (unpaired) electrons. The second kappa shape index (κ2) is 29.2. The Hall–Kier alpha value is -8.93. The molecule has 6 aromatic carbocycles. The molecule has 0 saturated carbocycles. The van der Waals surface area contributed by atoms with Gasteiger partial charge in [-0.3, -0.25) is 0 Å². The summed E-state index contributed by atoms with van der Waals surface area (Å²) in [6.07, 6.45) is 8.80. The van der Waals surface area contributed by atoms with Gasteiger partial charge in [0.2, 0.25) is 28.5 Å². The van der Waals surface area contributed by atoms with Crippen LogP contribution in [0.4, 0.5) is 0 Å². The molecule has 0 aliphatic rings. The van der Waals surface area contributed by atoms with Crippen LogP contribution >= 0.6 is 0 Å². The van der Waals surface area contributed by atoms with Gasteiger partial charge in [-0.1, -0.05) is 119 Å². The molecule has 0 N–H and O–H groups in total. The van der Waals surface area contributed by atoms with Gasteiger partial charge in [0.15, 0.2) is 31.0 Å². The molecule has 0 unspecified atom stereocenters. The van der Waals surface area contributed by atoms with Gasteiger partial charge in [0.1, 0.15) is 35.2 Å². The average molecular weight is 1160 g/mol. The molecule has 11 aromatic rings. The Kier molecular flexibility index (Phi) is 14.8. The summed E-state index contributed by atoms with van der Waals surface area (Å²) >= 11 is 0. The number of hydrogen-bond acceptors (Lipinski definition) is 0. The van der Waals surface area contributed by atoms with Crippen LogP contribution in [0.3, 0.4) is 0 Å². The van der Waals surface area contributed by atoms with Crippen LogP contribution in [0.1, 0.15) is 108 Å². The van der Waals surface area contributed by atoms with E-state index in [0.717, 1.165) is 61.7 Å². The molecule has 0 amide bonds. The molecule has 0 fully saturated rings. The number of rotatable bonds is 6. The van der Waals surface area contributed by atoms with Crippen molar-refractivity contribution in [3.8, 4) is 67.4 Å². The maximum absolute atomic E-state index is 7.58. The van der Waals surface area contributed by atoms with E-state index in [4.69, 9.17) is 24.7 Å². The summed E-state index contributed by atoms with van der Waals surface area (Å²) in [6, 6.07) is 56.7. The lowest BCUT2D eigenvalue weighted by Crippen LogP contribution is -2.31. The largest absolute Gasteiger partial charge is 0.212 e. The Morgan fingerprint density at radius 1 is 0.221 bits per heavy atom. The fourth-order valence-corrected chi connectivity index (χ4v) is 10.5. The van der Waals surface area contributed by atoms with Crippen LogP contribution in [0.25, 0.3) is 67.4 Å². The van der Waals surface area contributed by atoms with Crippen molar-refractivity contribution in [1.82, 2.24) is 0 Å². The highest BCUT2D eigenvalue weighted by atomic mass is 14.9. The zero-order chi connectivity index (χ0) is 77.5. The molecule has 5 heteroatoms. The second-order valence-electron chi connectivity index (χ2n) is 22.4. The summed E-state index contributed by atoms with van der Waals surface area (Å²) in [5, 5.41) is 0. The number of benzene rings is 6. The van der Waals surface area contributed by atoms with Crippen LogP contribution in [-0.2, 0) is 35.2 Å². The molecular weight excluding hydrogens is 1040 g/mol. The lowest BCUT2D eigenvalue weighted by molar-refractivity contribution is -0.660. The van der Waals surface area contributed by atoms with Crippen molar-refractivity contribution < 1.29 is 47.5 Å². The Balaban J connectivity index is 0.000000182. The predicted octanol–water partition coefficient (Wildman–Crippen LogP) is 17.2. The van der Waals surface area contributed by atoms with Crippen molar-refractivity contribution in [2.75, 3.05) is 0 Å². The van der Waals surface area contributed by atoms with E-state index in [0.29, 0.717) is 33.4 Å². The number of pyridine rings is 5. The number of aryl methyl sites for hydroxylation is 20. The maximum atomic E-state index is 7.58. The first kappa shape index (κ1) is 43.7. The second-order valence-corrected chi connectivity index (χ2v) is 22.4. The minimum Gasteiger partial charge on any atom is -0.201 e. The van der Waals surface area contributed by atoms with Gasteiger partial charge in [-0.25, -0.2) is 22.8 Å². The molecule has 5 nitrogen and oxygen atoms in total. The Morgan fingerprint density at radius 3 is 0.942 bits per heavy atom. The molecule has 0 aliphatic carbocycles. The maximum Gasteiger partial charge on any atom is 0.212 e. The average Bonchev–Trinajstić information content (AvgIpc) is 0.819. The highest BCUT2D eigenvalue weighted by molar-refractivity contribution is 5.67. The lowest BCUT2D eigenvalue weighted by atomic mass is 10.0. The molecule has 86 heavy (non-hydrogen) atoms. The number of hydrogen-bond donors (Lipinski definition) is 0. The van der Waals surface area contributed by atoms with Crippen molar-refractivity contribution in [2.24, 2.45) is 35.2 Å². The van der Waals surface area contributed by atoms with E-state index in [1.54, 1.807) is 110 Å². The van der Waals surface area contributed by atoms with Gasteiger partial charge >= 0.3 is 0 Å². The van der Waals surface area contributed by atoms with Gasteiger partial charge in [0.05, 0.1) is 0 Å². The first-order chi connectivity index (χ1) is 48.1. The van der Waals surface area contributed by atoms with E-state index in [2.05, 4.69) is 149 Å². The van der Waals surface area contributed by atoms with Crippen molar-refractivity contribution in [3.63, 3.8) is 0 Å². The highest BCUT2D eigenvalue weighted by Crippen LogP contribution is 2.27. The number of aromatic nitrogens is 5. The zero-order valence-corrected chi connectivity index (χ0v) is 52.4. The molecule has 0 aliphatic heterocycles. The summed E-state index contributed by atoms with van der Waals surface area (Å²) in [5.41, 5.74) is 24.1. The lowest BCUT2D eigenvalue weighted by Gasteiger charge is -2.07. The van der Waals surface area contributed by atoms with Crippen molar-refractivity contribution in [2.45, 2.75) is 103 Å². The molecule has 5 aromatic heterocycles. The molecule has 0 atom stereocenters. The molecule has 0 saturated heterocycles. The Bertz CT molecular complexity index is 4810. The van der Waals surface area contributed by atoms with Crippen LogP contribution in [-0.4, -0.2) is 0 Å². The predicted molar refractivity (Wildman–Crippen MR) is 362 cm³/mol. The SMILES string of the molecule is Cc1ccccc1-c1ccc(-c2ccccc2)c[n+]1C.[2H]C([2H])([2H])c1c[n+](C)c(-c2ccc(C)cc2C)cc1C.[2H]C([2H])([2H])c1ccc(-c2cc(C)c(C([2H])([2H])[2H])c[n+]2C)c(C)c1.[2H]C([2H])([2H])c1ccc(-c2ccc(C([2H])([2H])[2H])c[n+]2C)c(C)c1.[2H]C([2H])([2H])c1ccc(-c2ccc(C)cc2C)[n+](C)c1. The summed E-state index contributed by atoms with van der Waals surface area (Å²) in [6.45, 7) is 5.09. The molecule has 0 spiro atoms. The normalized spacial score (nSPS) is 14.5. The van der Waals surface area contributed by atoms with E-state index in [1.165, 1.54) is 50.2 Å². The highest BCUT2D eigenvalue weighted by Gasteiger charge is 2.18. The van der Waals surface area contributed by atoms with Crippen molar-refractivity contribution in [1.29, 1.82) is 0 Å². The van der Waals surface area contributed by atoms with E-state index in [-0.39, 0.29) is 5.56 Å². The topological polar surface area (TPSA) is 19.4 Å². The van der Waals surface area contributed by atoms with Crippen LogP contribution in [0.15, 0.2) is 207 Å². The van der Waals surface area contributed by atoms with Gasteiger partial charge in [-0.15, -0.1) is 0 Å². The van der Waals surface area contributed by atoms with E-state index < -0.39 is 41.1 Å². The van der Waals surface area contributed by atoms with Crippen molar-refractivity contribution >= 4 is 0 Å². The molecular formula is C81H94N5+5. The monoisotopic (exact) mass is 1150 g/mol. The minimum absolute atomic E-state index is 0.274. The first-order valence-electron chi connectivity index (χ1n) is 37.7. The van der Waals surface area contributed by atoms with E-state index in [9.17, 15) is 0 Å². The summed E-state index contributed by atoms with van der Waals surface area (Å²) in [5.74, 6) is 0. The zero-order valence-electron chi connectivity index (χ0n) is 70.4. The van der Waals surface area contributed by atoms with Crippen LogP contribution < -0.4 is 22.8 Å². The summed E-state index contributed by atoms with van der Waals surface area (Å²) < 4.78 is 144. The van der Waals surface area contributed by atoms with Crippen molar-refractivity contribution in [3.05, 3.63) is 290 Å². The van der Waals surface area contributed by atoms with E-state index in [1.807, 2.05) is 68.3 Å². The van der Waals surface area contributed by atoms with Gasteiger partial charge in [0, 0.05) is 111 Å². The van der Waals surface area contributed by atoms with Crippen LogP contribution in [0.2, 0.25) is 0 Å². The molecule has 438 valence electrons. The molecule has 11 rings (SSSR count). The summed E-state index contributed by atoms with van der Waals surface area (Å²) in [4.78, 5) is 0. The van der Waals surface area contributed by atoms with Crippen LogP contribution in [0, 0.1) is 103 Å². The third-order valence-electron chi connectivity index (χ3n) is 15.2. The number of nitrogens with zero attached hydrogens (tertiary/aromatic N) is 5. The Labute approximate surface area is 542 Å². The van der Waals surface area contributed by atoms with Gasteiger partial charge in [0.25, 0.3) is 0 Å². The first-order valence-corrected chi connectivity index (χ1v) is 28.7. The molecule has 5 heterocycles. The third kappa shape index (κ3) is 16.7. The fourth-order valence-electron chi connectivity index (χ4n) is 10.5. The smallest absolute Gasteiger partial charge is 0.201 e. The van der Waals surface area contributed by atoms with E-state index >= 15 is 0 Å². The summed E-state index contributed by atoms with van der Waals surface area (Å²) in [7, 11) is 9.45.